The molecule has 190 valence electrons. The standard InChI is InChI=1S/C14H25NO2.C14H19NO2/c2*1-2-17-13(16)14(8-10-15-11-9-14)12-6-4-3-5-7-12/h12,15H,2-11H2,1H3;3-7,15H,2,8-11H2,1H3. The number of hydrogen-bond acceptors (Lipinski definition) is 6. The Hall–Kier alpha value is -1.92. The number of rotatable bonds is 6. The van der Waals surface area contributed by atoms with Crippen LogP contribution in [-0.4, -0.2) is 51.3 Å². The van der Waals surface area contributed by atoms with E-state index in [1.165, 1.54) is 32.1 Å². The molecule has 6 heteroatoms. The number of esters is 2. The summed E-state index contributed by atoms with van der Waals surface area (Å²) >= 11 is 0. The number of ether oxygens (including phenoxy) is 2. The molecule has 3 fully saturated rings. The lowest BCUT2D eigenvalue weighted by atomic mass is 9.64. The van der Waals surface area contributed by atoms with Crippen LogP contribution in [0.1, 0.15) is 77.2 Å². The molecule has 0 radical (unpaired) electrons. The molecule has 0 aromatic heterocycles. The Balaban J connectivity index is 0.000000191. The summed E-state index contributed by atoms with van der Waals surface area (Å²) in [6, 6.07) is 10.0. The Kier molecular flexibility index (Phi) is 10.4. The molecule has 6 nitrogen and oxygen atoms in total. The smallest absolute Gasteiger partial charge is 0.316 e. The maximum absolute atomic E-state index is 12.4. The highest BCUT2D eigenvalue weighted by Crippen LogP contribution is 2.45. The third-order valence-corrected chi connectivity index (χ3v) is 8.01. The van der Waals surface area contributed by atoms with Crippen LogP contribution in [0, 0.1) is 11.3 Å². The molecule has 1 aromatic rings. The lowest BCUT2D eigenvalue weighted by molar-refractivity contribution is -0.162. The van der Waals surface area contributed by atoms with Gasteiger partial charge in [0.1, 0.15) is 0 Å². The van der Waals surface area contributed by atoms with Crippen molar-refractivity contribution in [2.45, 2.75) is 77.0 Å². The Bertz CT molecular complexity index is 749. The van der Waals surface area contributed by atoms with E-state index in [2.05, 4.69) is 10.6 Å². The Morgan fingerprint density at radius 1 is 0.794 bits per heavy atom. The van der Waals surface area contributed by atoms with Crippen LogP contribution in [0.3, 0.4) is 0 Å². The van der Waals surface area contributed by atoms with Gasteiger partial charge in [-0.1, -0.05) is 49.6 Å². The first-order valence-electron chi connectivity index (χ1n) is 13.4. The van der Waals surface area contributed by atoms with Crippen molar-refractivity contribution in [2.24, 2.45) is 11.3 Å². The summed E-state index contributed by atoms with van der Waals surface area (Å²) in [5, 5.41) is 6.67. The fraction of sp³-hybridized carbons (Fsp3) is 0.714. The van der Waals surface area contributed by atoms with E-state index in [1.807, 2.05) is 44.2 Å². The first-order chi connectivity index (χ1) is 16.6. The number of piperidine rings is 2. The van der Waals surface area contributed by atoms with E-state index in [0.29, 0.717) is 19.1 Å². The minimum absolute atomic E-state index is 0.0762. The van der Waals surface area contributed by atoms with Crippen molar-refractivity contribution in [3.8, 4) is 0 Å². The van der Waals surface area contributed by atoms with Crippen LogP contribution in [-0.2, 0) is 24.5 Å². The van der Waals surface area contributed by atoms with E-state index < -0.39 is 5.41 Å². The van der Waals surface area contributed by atoms with Gasteiger partial charge >= 0.3 is 11.9 Å². The molecule has 34 heavy (non-hydrogen) atoms. The van der Waals surface area contributed by atoms with Gasteiger partial charge in [-0.25, -0.2) is 0 Å². The van der Waals surface area contributed by atoms with Crippen molar-refractivity contribution in [3.05, 3.63) is 35.9 Å². The molecular formula is C28H44N2O4. The van der Waals surface area contributed by atoms with Gasteiger partial charge in [0.2, 0.25) is 0 Å². The molecule has 0 bridgehead atoms. The summed E-state index contributed by atoms with van der Waals surface area (Å²) < 4.78 is 10.6. The quantitative estimate of drug-likeness (QED) is 0.599. The van der Waals surface area contributed by atoms with Gasteiger partial charge in [-0.05, 0) is 90.0 Å². The molecule has 0 atom stereocenters. The number of carbonyl (C=O) groups is 2. The van der Waals surface area contributed by atoms with Crippen LogP contribution in [0.15, 0.2) is 30.3 Å². The largest absolute Gasteiger partial charge is 0.466 e. The topological polar surface area (TPSA) is 76.7 Å². The van der Waals surface area contributed by atoms with E-state index in [9.17, 15) is 9.59 Å². The molecule has 2 aliphatic heterocycles. The first kappa shape index (κ1) is 26.7. The summed E-state index contributed by atoms with van der Waals surface area (Å²) in [7, 11) is 0. The maximum atomic E-state index is 12.4. The van der Waals surface area contributed by atoms with Gasteiger partial charge in [-0.3, -0.25) is 9.59 Å². The van der Waals surface area contributed by atoms with Crippen molar-refractivity contribution in [1.29, 1.82) is 0 Å². The second-order valence-electron chi connectivity index (χ2n) is 9.88. The second kappa shape index (κ2) is 13.2. The minimum atomic E-state index is -0.442. The van der Waals surface area contributed by atoms with Gasteiger partial charge in [0, 0.05) is 0 Å². The maximum Gasteiger partial charge on any atom is 0.316 e. The van der Waals surface area contributed by atoms with Crippen molar-refractivity contribution in [1.82, 2.24) is 10.6 Å². The summed E-state index contributed by atoms with van der Waals surface area (Å²) in [4.78, 5) is 24.6. The minimum Gasteiger partial charge on any atom is -0.466 e. The molecule has 2 heterocycles. The predicted molar refractivity (Wildman–Crippen MR) is 135 cm³/mol. The zero-order valence-electron chi connectivity index (χ0n) is 21.2. The first-order valence-corrected chi connectivity index (χ1v) is 13.4. The molecule has 4 rings (SSSR count). The lowest BCUT2D eigenvalue weighted by Gasteiger charge is -2.43. The van der Waals surface area contributed by atoms with Crippen LogP contribution in [0.4, 0.5) is 0 Å². The molecule has 0 amide bonds. The van der Waals surface area contributed by atoms with Crippen molar-refractivity contribution < 1.29 is 19.1 Å². The van der Waals surface area contributed by atoms with Crippen molar-refractivity contribution in [2.75, 3.05) is 39.4 Å². The molecule has 2 N–H and O–H groups in total. The zero-order chi connectivity index (χ0) is 24.3. The molecule has 1 aromatic carbocycles. The zero-order valence-corrected chi connectivity index (χ0v) is 21.2. The summed E-state index contributed by atoms with van der Waals surface area (Å²) in [5.41, 5.74) is 0.476. The van der Waals surface area contributed by atoms with E-state index in [-0.39, 0.29) is 17.4 Å². The second-order valence-corrected chi connectivity index (χ2v) is 9.88. The van der Waals surface area contributed by atoms with Crippen molar-refractivity contribution >= 4 is 11.9 Å². The third-order valence-electron chi connectivity index (χ3n) is 8.01. The Morgan fingerprint density at radius 3 is 1.88 bits per heavy atom. The number of hydrogen-bond donors (Lipinski definition) is 2. The highest BCUT2D eigenvalue weighted by Gasteiger charge is 2.47. The summed E-state index contributed by atoms with van der Waals surface area (Å²) in [6.07, 6.45) is 9.93. The summed E-state index contributed by atoms with van der Waals surface area (Å²) in [5.74, 6) is 0.568. The predicted octanol–water partition coefficient (Wildman–Crippen LogP) is 4.37. The van der Waals surface area contributed by atoms with E-state index in [1.54, 1.807) is 0 Å². The van der Waals surface area contributed by atoms with Crippen LogP contribution in [0.5, 0.6) is 0 Å². The SMILES string of the molecule is CCOC(=O)C1(C2CCCCC2)CCNCC1.CCOC(=O)C1(c2ccccc2)CCNCC1. The van der Waals surface area contributed by atoms with Crippen molar-refractivity contribution in [3.63, 3.8) is 0 Å². The molecule has 2 saturated heterocycles. The van der Waals surface area contributed by atoms with Crippen LogP contribution in [0.25, 0.3) is 0 Å². The number of nitrogens with one attached hydrogen (secondary N) is 2. The van der Waals surface area contributed by atoms with Gasteiger partial charge in [-0.15, -0.1) is 0 Å². The van der Waals surface area contributed by atoms with Crippen LogP contribution < -0.4 is 10.6 Å². The van der Waals surface area contributed by atoms with Crippen LogP contribution >= 0.6 is 0 Å². The van der Waals surface area contributed by atoms with E-state index >= 15 is 0 Å². The average molecular weight is 473 g/mol. The number of benzene rings is 1. The number of carbonyl (C=O) groups excluding carboxylic acids is 2. The Morgan fingerprint density at radius 2 is 1.32 bits per heavy atom. The highest BCUT2D eigenvalue weighted by atomic mass is 16.5. The normalized spacial score (nSPS) is 22.1. The molecule has 3 aliphatic rings. The fourth-order valence-electron chi connectivity index (χ4n) is 6.07. The van der Waals surface area contributed by atoms with E-state index in [0.717, 1.165) is 57.4 Å². The molecular weight excluding hydrogens is 428 g/mol. The average Bonchev–Trinajstić information content (AvgIpc) is 2.91. The lowest BCUT2D eigenvalue weighted by Crippen LogP contribution is -2.48. The van der Waals surface area contributed by atoms with Gasteiger partial charge < -0.3 is 20.1 Å². The third kappa shape index (κ3) is 6.19. The molecule has 1 saturated carbocycles. The highest BCUT2D eigenvalue weighted by molar-refractivity contribution is 5.83. The molecule has 0 unspecified atom stereocenters. The molecule has 0 spiro atoms. The Labute approximate surface area is 205 Å². The summed E-state index contributed by atoms with van der Waals surface area (Å²) in [6.45, 7) is 8.40. The van der Waals surface area contributed by atoms with E-state index in [4.69, 9.17) is 9.47 Å². The van der Waals surface area contributed by atoms with Gasteiger partial charge in [0.25, 0.3) is 0 Å². The fourth-order valence-corrected chi connectivity index (χ4v) is 6.07. The van der Waals surface area contributed by atoms with Gasteiger partial charge in [0.05, 0.1) is 24.0 Å². The monoisotopic (exact) mass is 472 g/mol. The molecule has 1 aliphatic carbocycles. The van der Waals surface area contributed by atoms with Gasteiger partial charge in [0.15, 0.2) is 0 Å². The van der Waals surface area contributed by atoms with Crippen LogP contribution in [0.2, 0.25) is 0 Å². The van der Waals surface area contributed by atoms with Gasteiger partial charge in [-0.2, -0.15) is 0 Å².